The van der Waals surface area contributed by atoms with Gasteiger partial charge in [-0.15, -0.1) is 0 Å². The van der Waals surface area contributed by atoms with E-state index in [0.29, 0.717) is 0 Å². The molecule has 0 radical (unpaired) electrons. The Morgan fingerprint density at radius 2 is 2.12 bits per heavy atom. The molecule has 16 heavy (non-hydrogen) atoms. The molecule has 1 aliphatic rings. The summed E-state index contributed by atoms with van der Waals surface area (Å²) in [4.78, 5) is 11.3. The van der Waals surface area contributed by atoms with E-state index in [2.05, 4.69) is 6.92 Å². The Labute approximate surface area is 98.5 Å². The largest absolute Gasteiger partial charge is 0.461 e. The molecule has 0 spiro atoms. The maximum atomic E-state index is 11.3. The molecule has 0 bridgehead atoms. The quantitative estimate of drug-likeness (QED) is 0.679. The fraction of sp³-hybridized carbons (Fsp3) is 0.923. The summed E-state index contributed by atoms with van der Waals surface area (Å²) in [5.41, 5.74) is 0. The second kappa shape index (κ2) is 6.89. The van der Waals surface area contributed by atoms with Gasteiger partial charge < -0.3 is 9.47 Å². The lowest BCUT2D eigenvalue weighted by atomic mass is 9.85. The number of rotatable bonds is 5. The highest BCUT2D eigenvalue weighted by molar-refractivity contribution is 5.70. The first-order valence-electron chi connectivity index (χ1n) is 6.42. The third-order valence-electron chi connectivity index (χ3n) is 3.12. The summed E-state index contributed by atoms with van der Waals surface area (Å²) < 4.78 is 10.6. The second-order valence-corrected chi connectivity index (χ2v) is 4.91. The third kappa shape index (κ3) is 4.97. The van der Waals surface area contributed by atoms with Gasteiger partial charge in [0, 0.05) is 0 Å². The van der Waals surface area contributed by atoms with Gasteiger partial charge in [-0.1, -0.05) is 26.2 Å². The molecule has 0 aromatic rings. The number of carbonyl (C=O) groups excluding carboxylic acids is 1. The third-order valence-corrected chi connectivity index (χ3v) is 3.12. The summed E-state index contributed by atoms with van der Waals surface area (Å²) in [6.45, 7) is 6.04. The van der Waals surface area contributed by atoms with Crippen LogP contribution < -0.4 is 0 Å². The molecule has 3 nitrogen and oxygen atoms in total. The van der Waals surface area contributed by atoms with E-state index in [4.69, 9.17) is 9.47 Å². The monoisotopic (exact) mass is 228 g/mol. The van der Waals surface area contributed by atoms with E-state index in [9.17, 15) is 4.79 Å². The highest BCUT2D eigenvalue weighted by Crippen LogP contribution is 2.28. The summed E-state index contributed by atoms with van der Waals surface area (Å²) in [6, 6.07) is 0. The molecule has 1 rings (SSSR count). The zero-order valence-electron chi connectivity index (χ0n) is 10.7. The number of esters is 1. The normalized spacial score (nSPS) is 25.8. The van der Waals surface area contributed by atoms with Crippen molar-refractivity contribution in [2.75, 3.05) is 6.61 Å². The fourth-order valence-corrected chi connectivity index (χ4v) is 2.25. The molecule has 1 saturated carbocycles. The average molecular weight is 228 g/mol. The minimum Gasteiger partial charge on any atom is -0.461 e. The molecule has 0 aromatic carbocycles. The molecule has 0 N–H and O–H groups in total. The van der Waals surface area contributed by atoms with Crippen molar-refractivity contribution in [3.05, 3.63) is 0 Å². The summed E-state index contributed by atoms with van der Waals surface area (Å²) in [6.07, 6.45) is 6.16. The molecule has 0 amide bonds. The van der Waals surface area contributed by atoms with Gasteiger partial charge in [0.1, 0.15) is 6.61 Å². The lowest BCUT2D eigenvalue weighted by molar-refractivity contribution is -0.155. The molecule has 94 valence electrons. The number of hydrogen-bond donors (Lipinski definition) is 0. The summed E-state index contributed by atoms with van der Waals surface area (Å²) in [5, 5.41) is 0. The first kappa shape index (κ1) is 13.5. The van der Waals surface area contributed by atoms with Crippen molar-refractivity contribution in [1.29, 1.82) is 0 Å². The van der Waals surface area contributed by atoms with Crippen LogP contribution in [0.5, 0.6) is 0 Å². The van der Waals surface area contributed by atoms with E-state index >= 15 is 0 Å². The van der Waals surface area contributed by atoms with E-state index in [1.54, 1.807) is 0 Å². The van der Waals surface area contributed by atoms with E-state index in [0.717, 1.165) is 18.8 Å². The van der Waals surface area contributed by atoms with Crippen LogP contribution in [0, 0.1) is 5.92 Å². The number of carbonyl (C=O) groups is 1. The van der Waals surface area contributed by atoms with Crippen molar-refractivity contribution in [2.45, 2.75) is 65.1 Å². The van der Waals surface area contributed by atoms with Gasteiger partial charge in [0.25, 0.3) is 0 Å². The molecule has 1 fully saturated rings. The minimum atomic E-state index is -0.242. The highest BCUT2D eigenvalue weighted by Gasteiger charge is 2.22. The van der Waals surface area contributed by atoms with Crippen LogP contribution in [0.2, 0.25) is 0 Å². The van der Waals surface area contributed by atoms with E-state index in [1.807, 2.05) is 13.8 Å². The van der Waals surface area contributed by atoms with Crippen molar-refractivity contribution in [3.8, 4) is 0 Å². The van der Waals surface area contributed by atoms with Gasteiger partial charge in [-0.05, 0) is 32.6 Å². The molecule has 2 unspecified atom stereocenters. The first-order valence-corrected chi connectivity index (χ1v) is 6.42. The van der Waals surface area contributed by atoms with Gasteiger partial charge in [0.15, 0.2) is 0 Å². The highest BCUT2D eigenvalue weighted by atomic mass is 16.6. The average Bonchev–Trinajstić information content (AvgIpc) is 2.26. The first-order chi connectivity index (χ1) is 7.61. The maximum Gasteiger partial charge on any atom is 0.332 e. The smallest absolute Gasteiger partial charge is 0.332 e. The molecule has 3 heteroatoms. The zero-order chi connectivity index (χ0) is 12.0. The van der Waals surface area contributed by atoms with E-state index in [1.165, 1.54) is 19.3 Å². The Bertz CT molecular complexity index is 213. The fourth-order valence-electron chi connectivity index (χ4n) is 2.25. The minimum absolute atomic E-state index is 0.0501. The standard InChI is InChI=1S/C13H24O3/c1-4-11-6-5-7-12(8-11)15-9-13(14)16-10(2)3/h10-12H,4-9H2,1-3H3. The summed E-state index contributed by atoms with van der Waals surface area (Å²) in [5.74, 6) is 0.536. The van der Waals surface area contributed by atoms with Crippen molar-refractivity contribution < 1.29 is 14.3 Å². The number of ether oxygens (including phenoxy) is 2. The predicted molar refractivity (Wildman–Crippen MR) is 63.2 cm³/mol. The lowest BCUT2D eigenvalue weighted by Crippen LogP contribution is -2.26. The lowest BCUT2D eigenvalue weighted by Gasteiger charge is -2.28. The second-order valence-electron chi connectivity index (χ2n) is 4.91. The topological polar surface area (TPSA) is 35.5 Å². The molecule has 2 atom stereocenters. The van der Waals surface area contributed by atoms with Crippen LogP contribution in [-0.2, 0) is 14.3 Å². The predicted octanol–water partition coefficient (Wildman–Crippen LogP) is 2.92. The van der Waals surface area contributed by atoms with Crippen LogP contribution in [0.4, 0.5) is 0 Å². The molecular weight excluding hydrogens is 204 g/mol. The van der Waals surface area contributed by atoms with Crippen molar-refractivity contribution >= 4 is 5.97 Å². The Hall–Kier alpha value is -0.570. The molecular formula is C13H24O3. The molecule has 0 saturated heterocycles. The van der Waals surface area contributed by atoms with Gasteiger partial charge in [0.2, 0.25) is 0 Å². The van der Waals surface area contributed by atoms with Gasteiger partial charge in [0.05, 0.1) is 12.2 Å². The van der Waals surface area contributed by atoms with Crippen molar-refractivity contribution in [3.63, 3.8) is 0 Å². The van der Waals surface area contributed by atoms with E-state index in [-0.39, 0.29) is 24.8 Å². The van der Waals surface area contributed by atoms with E-state index < -0.39 is 0 Å². The van der Waals surface area contributed by atoms with Crippen molar-refractivity contribution in [2.24, 2.45) is 5.92 Å². The van der Waals surface area contributed by atoms with Gasteiger partial charge >= 0.3 is 5.97 Å². The molecule has 0 aromatic heterocycles. The summed E-state index contributed by atoms with van der Waals surface area (Å²) in [7, 11) is 0. The SMILES string of the molecule is CCC1CCCC(OCC(=O)OC(C)C)C1. The summed E-state index contributed by atoms with van der Waals surface area (Å²) >= 11 is 0. The zero-order valence-corrected chi connectivity index (χ0v) is 10.7. The van der Waals surface area contributed by atoms with Gasteiger partial charge in [-0.3, -0.25) is 0 Å². The molecule has 0 heterocycles. The molecule has 0 aliphatic heterocycles. The van der Waals surface area contributed by atoms with Crippen LogP contribution >= 0.6 is 0 Å². The van der Waals surface area contributed by atoms with Gasteiger partial charge in [-0.2, -0.15) is 0 Å². The van der Waals surface area contributed by atoms with Crippen LogP contribution in [0.1, 0.15) is 52.9 Å². The Kier molecular flexibility index (Phi) is 5.81. The Morgan fingerprint density at radius 3 is 2.75 bits per heavy atom. The number of hydrogen-bond acceptors (Lipinski definition) is 3. The van der Waals surface area contributed by atoms with Crippen LogP contribution in [-0.4, -0.2) is 24.8 Å². The van der Waals surface area contributed by atoms with Gasteiger partial charge in [-0.25, -0.2) is 4.79 Å². The molecule has 1 aliphatic carbocycles. The Morgan fingerprint density at radius 1 is 1.38 bits per heavy atom. The Balaban J connectivity index is 2.19. The maximum absolute atomic E-state index is 11.3. The van der Waals surface area contributed by atoms with Crippen LogP contribution in [0.3, 0.4) is 0 Å². The van der Waals surface area contributed by atoms with Crippen LogP contribution in [0.25, 0.3) is 0 Å². The van der Waals surface area contributed by atoms with Crippen LogP contribution in [0.15, 0.2) is 0 Å². The van der Waals surface area contributed by atoms with Crippen molar-refractivity contribution in [1.82, 2.24) is 0 Å².